The SMILES string of the molecule is Cc1[nH]c(-c2ncc(C(F)(F)F)cc2F)nc(=S)c1F. The van der Waals surface area contributed by atoms with Gasteiger partial charge in [0.2, 0.25) is 0 Å². The van der Waals surface area contributed by atoms with Crippen molar-refractivity contribution >= 4 is 12.2 Å². The van der Waals surface area contributed by atoms with Crippen molar-refractivity contribution in [3.8, 4) is 11.5 Å². The van der Waals surface area contributed by atoms with Gasteiger partial charge in [-0.05, 0) is 13.0 Å². The second-order valence-corrected chi connectivity index (χ2v) is 4.27. The first-order chi connectivity index (χ1) is 9.20. The second-order valence-electron chi connectivity index (χ2n) is 3.88. The van der Waals surface area contributed by atoms with E-state index in [2.05, 4.69) is 27.2 Å². The van der Waals surface area contributed by atoms with Crippen LogP contribution in [0.5, 0.6) is 0 Å². The summed E-state index contributed by atoms with van der Waals surface area (Å²) in [5, 5.41) is 0. The van der Waals surface area contributed by atoms with E-state index in [1.807, 2.05) is 0 Å². The Bertz CT molecular complexity index is 723. The van der Waals surface area contributed by atoms with Crippen LogP contribution < -0.4 is 0 Å². The fourth-order valence-corrected chi connectivity index (χ4v) is 1.70. The minimum absolute atomic E-state index is 0.0129. The molecule has 0 saturated carbocycles. The van der Waals surface area contributed by atoms with Gasteiger partial charge < -0.3 is 4.98 Å². The highest BCUT2D eigenvalue weighted by Gasteiger charge is 2.32. The summed E-state index contributed by atoms with van der Waals surface area (Å²) in [5.41, 5.74) is -1.70. The third kappa shape index (κ3) is 2.67. The molecule has 0 fully saturated rings. The third-order valence-corrected chi connectivity index (χ3v) is 2.70. The van der Waals surface area contributed by atoms with E-state index < -0.39 is 33.7 Å². The van der Waals surface area contributed by atoms with Crippen molar-refractivity contribution in [3.63, 3.8) is 0 Å². The maximum absolute atomic E-state index is 13.7. The molecule has 0 bridgehead atoms. The molecule has 0 aliphatic heterocycles. The molecule has 2 rings (SSSR count). The number of H-pyrrole nitrogens is 1. The number of alkyl halides is 3. The lowest BCUT2D eigenvalue weighted by atomic mass is 10.2. The number of nitrogens with zero attached hydrogens (tertiary/aromatic N) is 2. The fourth-order valence-electron chi connectivity index (χ4n) is 1.45. The Morgan fingerprint density at radius 2 is 1.90 bits per heavy atom. The van der Waals surface area contributed by atoms with Crippen molar-refractivity contribution in [2.75, 3.05) is 0 Å². The Kier molecular flexibility index (Phi) is 3.55. The van der Waals surface area contributed by atoms with Crippen molar-refractivity contribution in [2.24, 2.45) is 0 Å². The molecule has 2 aromatic heterocycles. The van der Waals surface area contributed by atoms with Gasteiger partial charge in [0.15, 0.2) is 22.1 Å². The standard InChI is InChI=1S/C11H6F5N3S/c1-4-7(13)10(20)19-9(18-4)8-6(12)2-5(3-17-8)11(14,15)16/h2-3H,1H3,(H,18,19,20). The van der Waals surface area contributed by atoms with Gasteiger partial charge in [-0.1, -0.05) is 12.2 Å². The smallest absolute Gasteiger partial charge is 0.339 e. The number of aromatic amines is 1. The number of aryl methyl sites for hydroxylation is 1. The lowest BCUT2D eigenvalue weighted by molar-refractivity contribution is -0.138. The van der Waals surface area contributed by atoms with Crippen molar-refractivity contribution in [3.05, 3.63) is 39.8 Å². The van der Waals surface area contributed by atoms with Gasteiger partial charge in [0.05, 0.1) is 11.3 Å². The number of pyridine rings is 1. The molecule has 20 heavy (non-hydrogen) atoms. The van der Waals surface area contributed by atoms with E-state index in [9.17, 15) is 22.0 Å². The van der Waals surface area contributed by atoms with E-state index in [0.717, 1.165) is 0 Å². The van der Waals surface area contributed by atoms with E-state index in [-0.39, 0.29) is 11.5 Å². The third-order valence-electron chi connectivity index (χ3n) is 2.43. The largest absolute Gasteiger partial charge is 0.417 e. The van der Waals surface area contributed by atoms with Crippen molar-refractivity contribution < 1.29 is 22.0 Å². The van der Waals surface area contributed by atoms with Crippen molar-refractivity contribution in [1.29, 1.82) is 0 Å². The molecule has 3 nitrogen and oxygen atoms in total. The number of aromatic nitrogens is 3. The molecule has 0 aliphatic rings. The maximum atomic E-state index is 13.7. The second kappa shape index (κ2) is 4.89. The molecule has 0 aliphatic carbocycles. The van der Waals surface area contributed by atoms with E-state index >= 15 is 0 Å². The van der Waals surface area contributed by atoms with Gasteiger partial charge in [0.25, 0.3) is 0 Å². The zero-order valence-corrected chi connectivity index (χ0v) is 10.7. The van der Waals surface area contributed by atoms with Crippen LogP contribution in [0.1, 0.15) is 11.3 Å². The van der Waals surface area contributed by atoms with Crippen molar-refractivity contribution in [2.45, 2.75) is 13.1 Å². The molecule has 2 heterocycles. The molecule has 0 aromatic carbocycles. The molecule has 9 heteroatoms. The topological polar surface area (TPSA) is 41.6 Å². The van der Waals surface area contributed by atoms with Crippen LogP contribution in [-0.2, 0) is 6.18 Å². The van der Waals surface area contributed by atoms with Crippen LogP contribution in [0.25, 0.3) is 11.5 Å². The Morgan fingerprint density at radius 1 is 1.25 bits per heavy atom. The molecular weight excluding hydrogens is 301 g/mol. The molecular formula is C11H6F5N3S. The summed E-state index contributed by atoms with van der Waals surface area (Å²) in [7, 11) is 0. The van der Waals surface area contributed by atoms with Gasteiger partial charge in [0, 0.05) is 6.20 Å². The van der Waals surface area contributed by atoms with E-state index in [1.165, 1.54) is 6.92 Å². The van der Waals surface area contributed by atoms with Crippen LogP contribution in [0, 0.1) is 23.2 Å². The first-order valence-corrected chi connectivity index (χ1v) is 5.60. The zero-order chi connectivity index (χ0) is 15.1. The molecule has 106 valence electrons. The van der Waals surface area contributed by atoms with Crippen molar-refractivity contribution in [1.82, 2.24) is 15.0 Å². The lowest BCUT2D eigenvalue weighted by Gasteiger charge is -2.08. The minimum atomic E-state index is -4.70. The molecule has 1 N–H and O–H groups in total. The normalized spacial score (nSPS) is 11.7. The van der Waals surface area contributed by atoms with E-state index in [1.54, 1.807) is 0 Å². The summed E-state index contributed by atoms with van der Waals surface area (Å²) < 4.78 is 63.7. The monoisotopic (exact) mass is 307 g/mol. The Balaban J connectivity index is 2.57. The van der Waals surface area contributed by atoms with Gasteiger partial charge in [-0.25, -0.2) is 18.7 Å². The highest BCUT2D eigenvalue weighted by molar-refractivity contribution is 7.71. The maximum Gasteiger partial charge on any atom is 0.417 e. The first-order valence-electron chi connectivity index (χ1n) is 5.19. The van der Waals surface area contributed by atoms with Crippen LogP contribution in [0.4, 0.5) is 22.0 Å². The van der Waals surface area contributed by atoms with Gasteiger partial charge in [-0.2, -0.15) is 13.2 Å². The van der Waals surface area contributed by atoms with Crippen LogP contribution in [0.15, 0.2) is 12.3 Å². The van der Waals surface area contributed by atoms with Gasteiger partial charge in [-0.15, -0.1) is 0 Å². The Morgan fingerprint density at radius 3 is 2.40 bits per heavy atom. The number of hydrogen-bond donors (Lipinski definition) is 1. The molecule has 0 unspecified atom stereocenters. The van der Waals surface area contributed by atoms with Crippen LogP contribution in [0.2, 0.25) is 0 Å². The fraction of sp³-hybridized carbons (Fsp3) is 0.182. The summed E-state index contributed by atoms with van der Waals surface area (Å²) in [6, 6.07) is 0.291. The van der Waals surface area contributed by atoms with E-state index in [4.69, 9.17) is 0 Å². The minimum Gasteiger partial charge on any atom is -0.339 e. The number of rotatable bonds is 1. The predicted molar refractivity (Wildman–Crippen MR) is 62.3 cm³/mol. The molecule has 0 saturated heterocycles. The van der Waals surface area contributed by atoms with Crippen LogP contribution >= 0.6 is 12.2 Å². The summed E-state index contributed by atoms with van der Waals surface area (Å²) in [4.78, 5) is 9.32. The highest BCUT2D eigenvalue weighted by Crippen LogP contribution is 2.30. The summed E-state index contributed by atoms with van der Waals surface area (Å²) in [5.74, 6) is -2.25. The average molecular weight is 307 g/mol. The number of halogens is 5. The molecule has 2 aromatic rings. The van der Waals surface area contributed by atoms with Crippen LogP contribution in [0.3, 0.4) is 0 Å². The van der Waals surface area contributed by atoms with Crippen LogP contribution in [-0.4, -0.2) is 15.0 Å². The molecule has 0 spiro atoms. The number of hydrogen-bond acceptors (Lipinski definition) is 3. The van der Waals surface area contributed by atoms with Gasteiger partial charge in [-0.3, -0.25) is 0 Å². The summed E-state index contributed by atoms with van der Waals surface area (Å²) in [6.45, 7) is 1.33. The Hall–Kier alpha value is -1.90. The highest BCUT2D eigenvalue weighted by atomic mass is 32.1. The molecule has 0 radical (unpaired) electrons. The summed E-state index contributed by atoms with van der Waals surface area (Å²) >= 11 is 4.62. The predicted octanol–water partition coefficient (Wildman–Crippen LogP) is 3.81. The summed E-state index contributed by atoms with van der Waals surface area (Å²) in [6.07, 6.45) is -4.24. The lowest BCUT2D eigenvalue weighted by Crippen LogP contribution is -2.08. The first kappa shape index (κ1) is 14.5. The quantitative estimate of drug-likeness (QED) is 0.643. The van der Waals surface area contributed by atoms with E-state index in [0.29, 0.717) is 12.3 Å². The Labute approximate surface area is 114 Å². The van der Waals surface area contributed by atoms with Gasteiger partial charge >= 0.3 is 6.18 Å². The van der Waals surface area contributed by atoms with Gasteiger partial charge in [0.1, 0.15) is 5.69 Å². The average Bonchev–Trinajstić information content (AvgIpc) is 2.34. The number of nitrogens with one attached hydrogen (secondary N) is 1. The molecule has 0 amide bonds. The molecule has 0 atom stereocenters. The zero-order valence-electron chi connectivity index (χ0n) is 9.85.